The first-order valence-corrected chi connectivity index (χ1v) is 9.86. The Bertz CT molecular complexity index is 977. The number of carbonyl (C=O) groups is 1. The highest BCUT2D eigenvalue weighted by Crippen LogP contribution is 2.41. The molecule has 9 heteroatoms. The summed E-state index contributed by atoms with van der Waals surface area (Å²) in [5.74, 6) is 2.40. The van der Waals surface area contributed by atoms with E-state index in [1.807, 2.05) is 18.2 Å². The number of rotatable bonds is 9. The fourth-order valence-corrected chi connectivity index (χ4v) is 3.41. The van der Waals surface area contributed by atoms with Crippen molar-refractivity contribution >= 4 is 17.7 Å². The topological polar surface area (TPSA) is 106 Å². The standard InChI is InChI=1S/C21H22N2O6S/c1-25-14-7-5-12(9-16(14)27-3)19-20(29-21(23-19)30-11-18(22)24)13-6-8-15(26-2)17(10-13)28-4/h5-10H,11H2,1-4H3,(H2,22,24). The third-order valence-electron chi connectivity index (χ3n) is 4.25. The van der Waals surface area contributed by atoms with Gasteiger partial charge in [0.25, 0.3) is 5.22 Å². The summed E-state index contributed by atoms with van der Waals surface area (Å²) in [4.78, 5) is 15.8. The van der Waals surface area contributed by atoms with Gasteiger partial charge in [0.15, 0.2) is 28.8 Å². The molecule has 0 saturated carbocycles. The minimum atomic E-state index is -0.460. The summed E-state index contributed by atoms with van der Waals surface area (Å²) in [6, 6.07) is 10.9. The molecule has 158 valence electrons. The van der Waals surface area contributed by atoms with E-state index in [-0.39, 0.29) is 5.75 Å². The number of nitrogens with two attached hydrogens (primary N) is 1. The van der Waals surface area contributed by atoms with Gasteiger partial charge in [-0.15, -0.1) is 0 Å². The van der Waals surface area contributed by atoms with Crippen molar-refractivity contribution in [1.82, 2.24) is 4.98 Å². The molecule has 0 aliphatic carbocycles. The molecule has 3 aromatic rings. The highest BCUT2D eigenvalue weighted by Gasteiger charge is 2.20. The van der Waals surface area contributed by atoms with Crippen LogP contribution in [0.1, 0.15) is 0 Å². The summed E-state index contributed by atoms with van der Waals surface area (Å²) in [5, 5.41) is 0.323. The molecule has 0 atom stereocenters. The maximum Gasteiger partial charge on any atom is 0.257 e. The number of amides is 1. The van der Waals surface area contributed by atoms with Crippen LogP contribution in [0.15, 0.2) is 46.0 Å². The number of hydrogen-bond acceptors (Lipinski definition) is 8. The summed E-state index contributed by atoms with van der Waals surface area (Å²) in [6.45, 7) is 0. The average Bonchev–Trinajstić information content (AvgIpc) is 3.21. The molecule has 30 heavy (non-hydrogen) atoms. The van der Waals surface area contributed by atoms with E-state index in [9.17, 15) is 4.79 Å². The van der Waals surface area contributed by atoms with E-state index in [1.165, 1.54) is 0 Å². The molecular weight excluding hydrogens is 408 g/mol. The fourth-order valence-electron chi connectivity index (χ4n) is 2.85. The lowest BCUT2D eigenvalue weighted by molar-refractivity contribution is -0.115. The van der Waals surface area contributed by atoms with Gasteiger partial charge in [-0.25, -0.2) is 4.98 Å². The van der Waals surface area contributed by atoms with Gasteiger partial charge in [-0.05, 0) is 36.4 Å². The summed E-state index contributed by atoms with van der Waals surface area (Å²) < 4.78 is 27.4. The fraction of sp³-hybridized carbons (Fsp3) is 0.238. The highest BCUT2D eigenvalue weighted by molar-refractivity contribution is 7.99. The van der Waals surface area contributed by atoms with Crippen LogP contribution < -0.4 is 24.7 Å². The molecule has 1 amide bonds. The SMILES string of the molecule is COc1ccc(-c2nc(SCC(N)=O)oc2-c2ccc(OC)c(OC)c2)cc1OC. The number of primary amides is 1. The van der Waals surface area contributed by atoms with Gasteiger partial charge in [0, 0.05) is 11.1 Å². The van der Waals surface area contributed by atoms with Gasteiger partial charge in [-0.3, -0.25) is 4.79 Å². The second kappa shape index (κ2) is 9.45. The van der Waals surface area contributed by atoms with Crippen LogP contribution in [0.2, 0.25) is 0 Å². The number of nitrogens with zero attached hydrogens (tertiary/aromatic N) is 1. The Kier molecular flexibility index (Phi) is 6.73. The Hall–Kier alpha value is -3.33. The third kappa shape index (κ3) is 4.46. The van der Waals surface area contributed by atoms with Crippen LogP contribution in [-0.4, -0.2) is 45.1 Å². The van der Waals surface area contributed by atoms with Crippen molar-refractivity contribution in [1.29, 1.82) is 0 Å². The van der Waals surface area contributed by atoms with Crippen LogP contribution in [0.25, 0.3) is 22.6 Å². The Labute approximate surface area is 178 Å². The summed E-state index contributed by atoms with van der Waals surface area (Å²) in [7, 11) is 6.26. The number of carbonyl (C=O) groups excluding carboxylic acids is 1. The van der Waals surface area contributed by atoms with E-state index < -0.39 is 5.91 Å². The number of ether oxygens (including phenoxy) is 4. The Morgan fingerprint density at radius 3 is 1.97 bits per heavy atom. The van der Waals surface area contributed by atoms with Crippen LogP contribution in [0.5, 0.6) is 23.0 Å². The lowest BCUT2D eigenvalue weighted by atomic mass is 10.0. The zero-order chi connectivity index (χ0) is 21.7. The largest absolute Gasteiger partial charge is 0.493 e. The number of thioether (sulfide) groups is 1. The molecule has 0 fully saturated rings. The summed E-state index contributed by atoms with van der Waals surface area (Å²) in [6.07, 6.45) is 0. The maximum atomic E-state index is 11.2. The molecular formula is C21H22N2O6S. The first-order valence-electron chi connectivity index (χ1n) is 8.87. The van der Waals surface area contributed by atoms with Gasteiger partial charge in [0.2, 0.25) is 5.91 Å². The van der Waals surface area contributed by atoms with Crippen molar-refractivity contribution in [3.63, 3.8) is 0 Å². The molecule has 3 rings (SSSR count). The zero-order valence-electron chi connectivity index (χ0n) is 17.1. The lowest BCUT2D eigenvalue weighted by Gasteiger charge is -2.10. The average molecular weight is 430 g/mol. The van der Waals surface area contributed by atoms with E-state index in [0.717, 1.165) is 22.9 Å². The quantitative estimate of drug-likeness (QED) is 0.513. The highest BCUT2D eigenvalue weighted by atomic mass is 32.2. The lowest BCUT2D eigenvalue weighted by Crippen LogP contribution is -2.12. The molecule has 0 aliphatic rings. The molecule has 1 heterocycles. The van der Waals surface area contributed by atoms with Gasteiger partial charge in [-0.2, -0.15) is 0 Å². The predicted octanol–water partition coefficient (Wildman–Crippen LogP) is 3.62. The Morgan fingerprint density at radius 2 is 1.43 bits per heavy atom. The Balaban J connectivity index is 2.13. The molecule has 2 aromatic carbocycles. The number of aromatic nitrogens is 1. The minimum Gasteiger partial charge on any atom is -0.493 e. The van der Waals surface area contributed by atoms with Crippen molar-refractivity contribution in [2.24, 2.45) is 5.73 Å². The molecule has 0 radical (unpaired) electrons. The van der Waals surface area contributed by atoms with Crippen molar-refractivity contribution in [2.45, 2.75) is 5.22 Å². The molecule has 0 spiro atoms. The van der Waals surface area contributed by atoms with E-state index in [2.05, 4.69) is 4.98 Å². The third-order valence-corrected chi connectivity index (χ3v) is 5.10. The van der Waals surface area contributed by atoms with Crippen molar-refractivity contribution in [2.75, 3.05) is 34.2 Å². The number of methoxy groups -OCH3 is 4. The van der Waals surface area contributed by atoms with Crippen LogP contribution in [0, 0.1) is 0 Å². The van der Waals surface area contributed by atoms with Crippen LogP contribution >= 0.6 is 11.8 Å². The first-order chi connectivity index (χ1) is 14.5. The van der Waals surface area contributed by atoms with E-state index in [1.54, 1.807) is 46.6 Å². The van der Waals surface area contributed by atoms with E-state index in [0.29, 0.717) is 39.7 Å². The minimum absolute atomic E-state index is 0.0528. The smallest absolute Gasteiger partial charge is 0.257 e. The number of hydrogen-bond donors (Lipinski definition) is 1. The molecule has 1 aromatic heterocycles. The monoisotopic (exact) mass is 430 g/mol. The van der Waals surface area contributed by atoms with Gasteiger partial charge in [0.1, 0.15) is 5.69 Å². The summed E-state index contributed by atoms with van der Waals surface area (Å²) >= 11 is 1.12. The Morgan fingerprint density at radius 1 is 0.900 bits per heavy atom. The van der Waals surface area contributed by atoms with Crippen molar-refractivity contribution < 1.29 is 28.2 Å². The molecule has 0 unspecified atom stereocenters. The van der Waals surface area contributed by atoms with E-state index >= 15 is 0 Å². The van der Waals surface area contributed by atoms with Crippen LogP contribution in [-0.2, 0) is 4.79 Å². The van der Waals surface area contributed by atoms with Crippen molar-refractivity contribution in [3.8, 4) is 45.6 Å². The molecule has 2 N–H and O–H groups in total. The maximum absolute atomic E-state index is 11.2. The molecule has 8 nitrogen and oxygen atoms in total. The normalized spacial score (nSPS) is 10.5. The zero-order valence-corrected chi connectivity index (χ0v) is 17.9. The van der Waals surface area contributed by atoms with Gasteiger partial charge in [-0.1, -0.05) is 11.8 Å². The van der Waals surface area contributed by atoms with Crippen LogP contribution in [0.3, 0.4) is 0 Å². The van der Waals surface area contributed by atoms with Gasteiger partial charge in [0.05, 0.1) is 34.2 Å². The molecule has 0 saturated heterocycles. The molecule has 0 aliphatic heterocycles. The van der Waals surface area contributed by atoms with Gasteiger partial charge < -0.3 is 29.1 Å². The predicted molar refractivity (Wildman–Crippen MR) is 114 cm³/mol. The first kappa shape index (κ1) is 21.4. The van der Waals surface area contributed by atoms with Gasteiger partial charge >= 0.3 is 0 Å². The second-order valence-electron chi connectivity index (χ2n) is 6.05. The van der Waals surface area contributed by atoms with E-state index in [4.69, 9.17) is 29.1 Å². The van der Waals surface area contributed by atoms with Crippen molar-refractivity contribution in [3.05, 3.63) is 36.4 Å². The molecule has 0 bridgehead atoms. The van der Waals surface area contributed by atoms with Crippen LogP contribution in [0.4, 0.5) is 0 Å². The second-order valence-corrected chi connectivity index (χ2v) is 6.98. The number of benzene rings is 2. The summed E-state index contributed by atoms with van der Waals surface area (Å²) in [5.41, 5.74) is 7.32. The number of oxazole rings is 1.